The number of rotatable bonds is 6. The molecule has 0 saturated heterocycles. The van der Waals surface area contributed by atoms with Crippen molar-refractivity contribution in [2.75, 3.05) is 19.0 Å². The average molecular weight is 283 g/mol. The second-order valence-electron chi connectivity index (χ2n) is 3.73. The highest BCUT2D eigenvalue weighted by Gasteiger charge is 2.11. The first-order valence-corrected chi connectivity index (χ1v) is 6.20. The third kappa shape index (κ3) is 3.29. The maximum Gasteiger partial charge on any atom is 0.218 e. The van der Waals surface area contributed by atoms with E-state index < -0.39 is 0 Å². The molecule has 7 heteroatoms. The van der Waals surface area contributed by atoms with Gasteiger partial charge in [-0.25, -0.2) is 10.1 Å². The van der Waals surface area contributed by atoms with E-state index in [9.17, 15) is 0 Å². The van der Waals surface area contributed by atoms with Crippen LogP contribution in [0.25, 0.3) is 0 Å². The van der Waals surface area contributed by atoms with Crippen molar-refractivity contribution >= 4 is 17.5 Å². The first-order valence-electron chi connectivity index (χ1n) is 5.83. The van der Waals surface area contributed by atoms with Crippen molar-refractivity contribution < 1.29 is 9.47 Å². The van der Waals surface area contributed by atoms with E-state index in [1.165, 1.54) is 6.33 Å². The molecule has 0 bridgehead atoms. The minimum atomic E-state index is 0.524. The van der Waals surface area contributed by atoms with Crippen molar-refractivity contribution in [3.63, 3.8) is 0 Å². The fourth-order valence-corrected chi connectivity index (χ4v) is 1.92. The van der Waals surface area contributed by atoms with Crippen molar-refractivity contribution in [1.29, 1.82) is 0 Å². The molecular weight excluding hydrogens is 268 g/mol. The lowest BCUT2D eigenvalue weighted by molar-refractivity contribution is 0.311. The lowest BCUT2D eigenvalue weighted by atomic mass is 10.2. The summed E-state index contributed by atoms with van der Waals surface area (Å²) < 4.78 is 10.7. The number of aromatic amines is 1. The molecular formula is C12H15ClN4O2. The quantitative estimate of drug-likeness (QED) is 0.851. The second-order valence-corrected chi connectivity index (χ2v) is 4.14. The number of nitrogens with zero attached hydrogens (tertiary/aromatic N) is 2. The minimum Gasteiger partial charge on any atom is -0.493 e. The van der Waals surface area contributed by atoms with Crippen LogP contribution in [0.5, 0.6) is 11.5 Å². The summed E-state index contributed by atoms with van der Waals surface area (Å²) in [6.07, 6.45) is 1.44. The molecule has 0 atom stereocenters. The van der Waals surface area contributed by atoms with Gasteiger partial charge in [0.15, 0.2) is 11.5 Å². The van der Waals surface area contributed by atoms with E-state index in [0.29, 0.717) is 35.6 Å². The van der Waals surface area contributed by atoms with Gasteiger partial charge in [-0.2, -0.15) is 5.10 Å². The Bertz CT molecular complexity index is 531. The minimum absolute atomic E-state index is 0.524. The van der Waals surface area contributed by atoms with Crippen molar-refractivity contribution in [2.45, 2.75) is 13.5 Å². The largest absolute Gasteiger partial charge is 0.493 e. The van der Waals surface area contributed by atoms with E-state index in [2.05, 4.69) is 20.5 Å². The first kappa shape index (κ1) is 13.5. The summed E-state index contributed by atoms with van der Waals surface area (Å²) in [5.41, 5.74) is 0.960. The number of aromatic nitrogens is 3. The van der Waals surface area contributed by atoms with Gasteiger partial charge < -0.3 is 14.8 Å². The first-order chi connectivity index (χ1) is 9.24. The van der Waals surface area contributed by atoms with Crippen LogP contribution in [-0.2, 0) is 6.54 Å². The van der Waals surface area contributed by atoms with Gasteiger partial charge in [0, 0.05) is 6.54 Å². The smallest absolute Gasteiger partial charge is 0.218 e. The van der Waals surface area contributed by atoms with Crippen LogP contribution in [0.15, 0.2) is 18.5 Å². The Morgan fingerprint density at radius 3 is 2.89 bits per heavy atom. The van der Waals surface area contributed by atoms with Gasteiger partial charge >= 0.3 is 0 Å². The van der Waals surface area contributed by atoms with E-state index in [1.54, 1.807) is 7.11 Å². The number of benzene rings is 1. The van der Waals surface area contributed by atoms with E-state index in [0.717, 1.165) is 5.56 Å². The summed E-state index contributed by atoms with van der Waals surface area (Å²) in [5, 5.41) is 10.1. The Kier molecular flexibility index (Phi) is 4.46. The van der Waals surface area contributed by atoms with Gasteiger partial charge in [0.05, 0.1) is 18.7 Å². The van der Waals surface area contributed by atoms with E-state index in [1.807, 2.05) is 19.1 Å². The molecule has 0 amide bonds. The number of halogens is 1. The third-order valence-corrected chi connectivity index (χ3v) is 2.73. The number of methoxy groups -OCH3 is 1. The molecule has 6 nitrogen and oxygen atoms in total. The van der Waals surface area contributed by atoms with Crippen molar-refractivity contribution in [3.05, 3.63) is 29.0 Å². The lowest BCUT2D eigenvalue weighted by Crippen LogP contribution is -2.03. The van der Waals surface area contributed by atoms with Gasteiger partial charge in [-0.15, -0.1) is 0 Å². The zero-order valence-electron chi connectivity index (χ0n) is 10.7. The van der Waals surface area contributed by atoms with Crippen molar-refractivity contribution in [1.82, 2.24) is 15.2 Å². The highest BCUT2D eigenvalue weighted by molar-refractivity contribution is 6.32. The summed E-state index contributed by atoms with van der Waals surface area (Å²) in [5.74, 6) is 1.78. The van der Waals surface area contributed by atoms with Crippen molar-refractivity contribution in [3.8, 4) is 11.5 Å². The molecule has 0 radical (unpaired) electrons. The Morgan fingerprint density at radius 2 is 2.26 bits per heavy atom. The molecule has 2 N–H and O–H groups in total. The molecule has 0 spiro atoms. The molecule has 1 aromatic heterocycles. The Balaban J connectivity index is 2.15. The molecule has 0 aliphatic rings. The Labute approximate surface area is 116 Å². The van der Waals surface area contributed by atoms with Crippen LogP contribution < -0.4 is 14.8 Å². The maximum atomic E-state index is 6.18. The summed E-state index contributed by atoms with van der Waals surface area (Å²) in [4.78, 5) is 3.98. The fraction of sp³-hybridized carbons (Fsp3) is 0.333. The normalized spacial score (nSPS) is 10.3. The van der Waals surface area contributed by atoms with E-state index >= 15 is 0 Å². The monoisotopic (exact) mass is 282 g/mol. The molecule has 19 heavy (non-hydrogen) atoms. The molecule has 102 valence electrons. The molecule has 0 saturated carbocycles. The zero-order chi connectivity index (χ0) is 13.7. The Morgan fingerprint density at radius 1 is 1.42 bits per heavy atom. The lowest BCUT2D eigenvalue weighted by Gasteiger charge is -2.13. The molecule has 0 unspecified atom stereocenters. The van der Waals surface area contributed by atoms with Crippen LogP contribution in [0.2, 0.25) is 5.02 Å². The number of hydrogen-bond acceptors (Lipinski definition) is 5. The summed E-state index contributed by atoms with van der Waals surface area (Å²) in [7, 11) is 1.59. The van der Waals surface area contributed by atoms with Gasteiger partial charge in [0.25, 0.3) is 0 Å². The van der Waals surface area contributed by atoms with Crippen LogP contribution >= 0.6 is 11.6 Å². The van der Waals surface area contributed by atoms with Crippen LogP contribution in [0, 0.1) is 0 Å². The van der Waals surface area contributed by atoms with Gasteiger partial charge in [-0.1, -0.05) is 11.6 Å². The van der Waals surface area contributed by atoms with Crippen LogP contribution in [0.1, 0.15) is 12.5 Å². The van der Waals surface area contributed by atoms with E-state index in [-0.39, 0.29) is 0 Å². The fourth-order valence-electron chi connectivity index (χ4n) is 1.64. The molecule has 1 heterocycles. The van der Waals surface area contributed by atoms with Crippen LogP contribution in [-0.4, -0.2) is 28.9 Å². The second kappa shape index (κ2) is 6.29. The summed E-state index contributed by atoms with van der Waals surface area (Å²) >= 11 is 6.18. The van der Waals surface area contributed by atoms with Gasteiger partial charge in [0.2, 0.25) is 5.95 Å². The Hall–Kier alpha value is -1.95. The number of anilines is 1. The highest BCUT2D eigenvalue weighted by Crippen LogP contribution is 2.36. The standard InChI is InChI=1S/C12H15ClN4O2/c1-3-19-11-9(13)4-8(5-10(11)18-2)6-14-12-15-7-16-17-12/h4-5,7H,3,6H2,1-2H3,(H2,14,15,16,17). The van der Waals surface area contributed by atoms with Gasteiger partial charge in [0.1, 0.15) is 6.33 Å². The summed E-state index contributed by atoms with van der Waals surface area (Å²) in [6.45, 7) is 2.98. The summed E-state index contributed by atoms with van der Waals surface area (Å²) in [6, 6.07) is 3.71. The number of H-pyrrole nitrogens is 1. The molecule has 0 fully saturated rings. The number of hydrogen-bond donors (Lipinski definition) is 2. The predicted molar refractivity (Wildman–Crippen MR) is 72.9 cm³/mol. The number of nitrogens with one attached hydrogen (secondary N) is 2. The molecule has 1 aromatic carbocycles. The van der Waals surface area contributed by atoms with E-state index in [4.69, 9.17) is 21.1 Å². The zero-order valence-corrected chi connectivity index (χ0v) is 11.5. The molecule has 2 aromatic rings. The molecule has 0 aliphatic carbocycles. The van der Waals surface area contributed by atoms with Gasteiger partial charge in [-0.3, -0.25) is 0 Å². The van der Waals surface area contributed by atoms with Gasteiger partial charge in [-0.05, 0) is 24.6 Å². The third-order valence-electron chi connectivity index (χ3n) is 2.45. The SMILES string of the molecule is CCOc1c(Cl)cc(CNc2ncn[nH]2)cc1OC. The predicted octanol–water partition coefficient (Wildman–Crippen LogP) is 2.48. The van der Waals surface area contributed by atoms with Crippen LogP contribution in [0.4, 0.5) is 5.95 Å². The van der Waals surface area contributed by atoms with Crippen LogP contribution in [0.3, 0.4) is 0 Å². The van der Waals surface area contributed by atoms with Crippen molar-refractivity contribution in [2.24, 2.45) is 0 Å². The average Bonchev–Trinajstić information content (AvgIpc) is 2.92. The topological polar surface area (TPSA) is 72.1 Å². The highest BCUT2D eigenvalue weighted by atomic mass is 35.5. The maximum absolute atomic E-state index is 6.18. The number of ether oxygens (including phenoxy) is 2. The molecule has 2 rings (SSSR count). The molecule has 0 aliphatic heterocycles.